The van der Waals surface area contributed by atoms with E-state index in [-0.39, 0.29) is 84.6 Å². The van der Waals surface area contributed by atoms with Crippen LogP contribution in [0, 0.1) is 50.9 Å². The van der Waals surface area contributed by atoms with E-state index in [9.17, 15) is 0 Å². The molecule has 0 N–H and O–H groups in total. The lowest BCUT2D eigenvalue weighted by Gasteiger charge is -1.23. The fraction of sp³-hybridized carbons (Fsp3) is 0.600. The van der Waals surface area contributed by atoms with Gasteiger partial charge in [0, 0.05) is 44.4 Å². The van der Waals surface area contributed by atoms with Crippen LogP contribution in [-0.4, -0.2) is 0 Å². The summed E-state index contributed by atoms with van der Waals surface area (Å²) in [4.78, 5) is 0. The highest BCUT2D eigenvalue weighted by molar-refractivity contribution is 4.73. The van der Waals surface area contributed by atoms with Crippen molar-refractivity contribution in [2.45, 2.75) is 88.5 Å². The van der Waals surface area contributed by atoms with Gasteiger partial charge in [0.1, 0.15) is 1.37 Å². The van der Waals surface area contributed by atoms with Gasteiger partial charge in [0.25, 0.3) is 0 Å². The van der Waals surface area contributed by atoms with E-state index in [2.05, 4.69) is 44.5 Å². The summed E-state index contributed by atoms with van der Waals surface area (Å²) in [5, 5.41) is 0. The summed E-state index contributed by atoms with van der Waals surface area (Å²) >= 11 is 0. The van der Waals surface area contributed by atoms with Gasteiger partial charge in [-0.2, -0.15) is 0 Å². The van der Waals surface area contributed by atoms with E-state index < -0.39 is 0 Å². The van der Waals surface area contributed by atoms with Gasteiger partial charge in [-0.15, -0.1) is 50.9 Å². The average molecular weight is 403 g/mol. The highest BCUT2D eigenvalue weighted by atomic mass is 13.2. The summed E-state index contributed by atoms with van der Waals surface area (Å²) in [5.74, 6) is 2.19. The molecular weight excluding hydrogens is 240 g/mol. The molecule has 0 saturated heterocycles. The molecule has 0 nitrogen and oxygen atoms in total. The molecule has 0 radical (unpaired) electrons. The molecule has 0 amide bonds. The summed E-state index contributed by atoms with van der Waals surface area (Å²) in [6.07, 6.45) is 25.8. The van der Waals surface area contributed by atoms with Gasteiger partial charge in [-0.1, -0.05) is 81.6 Å². The van der Waals surface area contributed by atoms with Gasteiger partial charge < -0.3 is 0 Å². The third-order valence-electron chi connectivity index (χ3n) is 0. The molecule has 0 atom stereocenters. The Morgan fingerprint density at radius 1 is 0.700 bits per heavy atom. The van der Waals surface area contributed by atoms with E-state index in [1.165, 1.54) is 29.6 Å². The summed E-state index contributed by atoms with van der Waals surface area (Å²) in [7, 11) is 5.00. The Morgan fingerprint density at radius 2 is 0.850 bits per heavy atom. The van der Waals surface area contributed by atoms with Crippen LogP contribution in [0.2, 0.25) is 0 Å². The van der Waals surface area contributed by atoms with Crippen molar-refractivity contribution >= 4 is 0 Å². The van der Waals surface area contributed by atoms with Gasteiger partial charge in [0.05, 0.1) is 0 Å². The van der Waals surface area contributed by atoms with E-state index in [0.717, 1.165) is 0 Å². The second-order valence-electron chi connectivity index (χ2n) is 0.177. The predicted octanol–water partition coefficient (Wildman–Crippen LogP) is 13.8. The first kappa shape index (κ1) is 30.9. The number of hydrogen-bond donors (Lipinski definition) is 0. The van der Waals surface area contributed by atoms with Crippen LogP contribution >= 0.6 is 0 Å². The van der Waals surface area contributed by atoms with Crippen molar-refractivity contribution in [3.8, 4) is 50.9 Å². The van der Waals surface area contributed by atoms with Crippen LogP contribution in [0.4, 0.5) is 0 Å². The molecule has 0 aromatic carbocycles. The Hall–Kier alpha value is -1.76. The van der Waals surface area contributed by atoms with Crippen LogP contribution in [0.15, 0.2) is 0 Å². The highest BCUT2D eigenvalue weighted by Gasteiger charge is 1.09. The zero-order valence-electron chi connectivity index (χ0n) is 23.2. The van der Waals surface area contributed by atoms with Crippen molar-refractivity contribution in [3.63, 3.8) is 0 Å². The fourth-order valence-electron chi connectivity index (χ4n) is 0. The molecule has 0 aliphatic rings. The monoisotopic (exact) mass is 403 g/mol. The molecule has 20 heavy (non-hydrogen) atoms. The van der Waals surface area contributed by atoms with Crippen LogP contribution in [-0.2, 0) is 0 Å². The maximum Gasteiger partial charge on any atom is 0.124 e. The van der Waals surface area contributed by atoms with Gasteiger partial charge in [-0.3, -0.25) is 0 Å². The van der Waals surface area contributed by atoms with Crippen molar-refractivity contribution in [2.24, 2.45) is 0 Å². The molecule has 0 aromatic heterocycles. The van der Waals surface area contributed by atoms with Crippen LogP contribution in [0.1, 0.15) is 134 Å². The lowest BCUT2D eigenvalue weighted by atomic mass is 10.9. The third kappa shape index (κ3) is 1220. The zero-order chi connectivity index (χ0) is 26.1. The van der Waals surface area contributed by atoms with E-state index >= 15 is 0 Å². The Labute approximate surface area is 187 Å². The van der Waals surface area contributed by atoms with E-state index in [0.29, 0.717) is 0 Å². The minimum Gasteiger partial charge on any atom is -0.124 e. The summed E-state index contributed by atoms with van der Waals surface area (Å²) in [5.41, 5.74) is 0. The molecular formula is C20H98. The van der Waals surface area contributed by atoms with Crippen LogP contribution in [0.5, 0.6) is 0 Å². The molecule has 0 heteroatoms. The molecule has 0 rings (SSSR count). The highest BCUT2D eigenvalue weighted by Crippen LogP contribution is 1.21. The average Bonchev–Trinajstić information content (AvgIpc) is 2.88. The SMILES string of the molecule is C.C.C.C.C.C.C.C#C.C#C.C#C.[3HH].[3HH].[3HH].[3HH].[3HH].[3HH].[3HH].[3HH].[3HH].[3HH].[3HH].[3HH].[3HH].[3HH].[3HH].[3HH].[3HH].[3HH].[3H]C.[3H]C.[3H]C.[3H]C.[3H]C#CC[3H].[3H][3H].[3H][3H].[3H][3H].[3H][3H]. The Bertz CT molecular complexity index is 169. The minimum absolute atomic E-state index is 0. The van der Waals surface area contributed by atoms with Crippen molar-refractivity contribution in [1.82, 2.24) is 0 Å². The topological polar surface area (TPSA) is 0 Å². The van der Waals surface area contributed by atoms with Crippen LogP contribution in [0.3, 0.4) is 0 Å². The molecule has 0 saturated carbocycles. The first-order chi connectivity index (χ1) is 13.4. The number of hydrogen-bond acceptors (Lipinski definition) is 0. The fourth-order valence-corrected chi connectivity index (χ4v) is 0. The van der Waals surface area contributed by atoms with E-state index in [1.54, 1.807) is 0 Å². The largest absolute Gasteiger partial charge is 0.124 e. The van der Waals surface area contributed by atoms with Crippen LogP contribution in [0.25, 0.3) is 0 Å². The number of rotatable bonds is 0. The van der Waals surface area contributed by atoms with Crippen molar-refractivity contribution in [3.05, 3.63) is 0 Å². The molecule has 178 valence electrons. The molecule has 0 heterocycles. The Morgan fingerprint density at radius 3 is 0.850 bits per heavy atom. The van der Waals surface area contributed by atoms with Gasteiger partial charge in [0.2, 0.25) is 0 Å². The van der Waals surface area contributed by atoms with Crippen molar-refractivity contribution in [1.29, 1.82) is 0 Å². The van der Waals surface area contributed by atoms with Gasteiger partial charge >= 0.3 is 0 Å². The normalized spacial score (nSPS) is 4.70. The molecule has 0 aromatic rings. The molecule has 0 aliphatic heterocycles. The Balaban J connectivity index is -0.00000000131. The van der Waals surface area contributed by atoms with Crippen molar-refractivity contribution in [2.75, 3.05) is 0 Å². The lowest BCUT2D eigenvalue weighted by Crippen LogP contribution is -1.10. The third-order valence-corrected chi connectivity index (χ3v) is 0. The summed E-state index contributed by atoms with van der Waals surface area (Å²) in [6, 6.07) is 0. The predicted molar refractivity (Wildman–Crippen MR) is 165 cm³/mol. The lowest BCUT2D eigenvalue weighted by molar-refractivity contribution is 1.94. The molecule has 0 fully saturated rings. The molecule has 0 spiro atoms. The summed E-state index contributed by atoms with van der Waals surface area (Å²) < 4.78 is 75.4. The van der Waals surface area contributed by atoms with Crippen LogP contribution < -0.4 is 0 Å². The van der Waals surface area contributed by atoms with E-state index in [1.807, 2.05) is 6.40 Å². The smallest absolute Gasteiger partial charge is 0.124 e. The van der Waals surface area contributed by atoms with Crippen molar-refractivity contribution < 1.29 is 45.8 Å². The second-order valence-corrected chi connectivity index (χ2v) is 0.177. The quantitative estimate of drug-likeness (QED) is 0.353. The Kier molecular flexibility index (Phi) is 12200. The van der Waals surface area contributed by atoms with Gasteiger partial charge in [0.15, 0.2) is 0 Å². The summed E-state index contributed by atoms with van der Waals surface area (Å²) in [6.45, 7) is 0.0451. The standard InChI is InChI=1S/C3H4.3C2H2.11CH4.22H2/c1-3-2;3*1-2;;;;;;;;;;;;;;;;;;;;;;;;;;;;;;;;;/h1H,2H3;3*1-2H;11*1H4;22*1H/i1T,2T;;;;4*1T;;;;;;;;4*1+2T;18*1+2. The first-order valence-electron chi connectivity index (χ1n) is 10.8. The molecule has 0 bridgehead atoms. The maximum atomic E-state index is 6.31. The molecule has 0 aliphatic carbocycles. The van der Waals surface area contributed by atoms with E-state index in [4.69, 9.17) is 20.1 Å². The minimum atomic E-state index is 0. The second kappa shape index (κ2) is 7870. The number of terminal acetylenes is 4. The maximum absolute atomic E-state index is 6.31. The molecule has 0 unspecified atom stereocenters. The van der Waals surface area contributed by atoms with Gasteiger partial charge in [-0.25, -0.2) is 0 Å². The first-order valence-corrected chi connectivity index (χ1v) is 1.60. The van der Waals surface area contributed by atoms with Gasteiger partial charge in [-0.05, 0) is 6.90 Å². The zero-order valence-corrected chi connectivity index (χ0v) is 9.17.